The summed E-state index contributed by atoms with van der Waals surface area (Å²) in [5.41, 5.74) is 6.33. The molecule has 0 heterocycles. The summed E-state index contributed by atoms with van der Waals surface area (Å²) in [4.78, 5) is 12.5. The van der Waals surface area contributed by atoms with Crippen molar-refractivity contribution in [3.05, 3.63) is 24.3 Å². The van der Waals surface area contributed by atoms with Crippen LogP contribution in [0.3, 0.4) is 0 Å². The molecular formula is C16H24N2O2S. The molecule has 21 heavy (non-hydrogen) atoms. The minimum absolute atomic E-state index is 0.139. The van der Waals surface area contributed by atoms with E-state index in [9.17, 15) is 4.79 Å². The van der Waals surface area contributed by atoms with Gasteiger partial charge in [-0.05, 0) is 31.9 Å². The third kappa shape index (κ3) is 5.71. The van der Waals surface area contributed by atoms with Gasteiger partial charge in [-0.15, -0.1) is 0 Å². The van der Waals surface area contributed by atoms with Crippen molar-refractivity contribution in [1.82, 2.24) is 0 Å². The number of hydrogen-bond donors (Lipinski definition) is 2. The van der Waals surface area contributed by atoms with Gasteiger partial charge >= 0.3 is 0 Å². The summed E-state index contributed by atoms with van der Waals surface area (Å²) in [6.45, 7) is 6.07. The van der Waals surface area contributed by atoms with E-state index in [2.05, 4.69) is 12.2 Å². The predicted octanol–water partition coefficient (Wildman–Crippen LogP) is 3.50. The van der Waals surface area contributed by atoms with Crippen LogP contribution in [0.2, 0.25) is 0 Å². The van der Waals surface area contributed by atoms with Crippen molar-refractivity contribution in [2.24, 2.45) is 11.7 Å². The Hall–Kier alpha value is -1.62. The van der Waals surface area contributed by atoms with Crippen LogP contribution in [0.5, 0.6) is 5.75 Å². The second-order valence-corrected chi connectivity index (χ2v) is 5.57. The Balaban J connectivity index is 2.75. The average molecular weight is 308 g/mol. The SMILES string of the molecule is CCCC(C(=O)Nc1cccc(OC(C)CC)c1)C(N)=S. The highest BCUT2D eigenvalue weighted by atomic mass is 32.1. The number of benzene rings is 1. The van der Waals surface area contributed by atoms with Gasteiger partial charge in [0.25, 0.3) is 0 Å². The van der Waals surface area contributed by atoms with Gasteiger partial charge in [-0.2, -0.15) is 0 Å². The van der Waals surface area contributed by atoms with Gasteiger partial charge in [0.1, 0.15) is 5.75 Å². The molecule has 2 atom stereocenters. The lowest BCUT2D eigenvalue weighted by Gasteiger charge is -2.16. The van der Waals surface area contributed by atoms with Gasteiger partial charge in [0.15, 0.2) is 0 Å². The summed E-state index contributed by atoms with van der Waals surface area (Å²) in [7, 11) is 0. The Labute approximate surface area is 132 Å². The van der Waals surface area contributed by atoms with Crippen LogP contribution in [0.25, 0.3) is 0 Å². The Kier molecular flexibility index (Phi) is 7.15. The Bertz CT molecular complexity index is 491. The highest BCUT2D eigenvalue weighted by Crippen LogP contribution is 2.20. The maximum Gasteiger partial charge on any atom is 0.234 e. The van der Waals surface area contributed by atoms with E-state index in [-0.39, 0.29) is 17.0 Å². The van der Waals surface area contributed by atoms with Gasteiger partial charge in [-0.25, -0.2) is 0 Å². The van der Waals surface area contributed by atoms with Gasteiger partial charge < -0.3 is 15.8 Å². The number of hydrogen-bond acceptors (Lipinski definition) is 3. The topological polar surface area (TPSA) is 64.3 Å². The quantitative estimate of drug-likeness (QED) is 0.721. The van der Waals surface area contributed by atoms with E-state index in [1.54, 1.807) is 0 Å². The fourth-order valence-electron chi connectivity index (χ4n) is 1.88. The molecule has 116 valence electrons. The molecule has 1 amide bonds. The van der Waals surface area contributed by atoms with E-state index in [4.69, 9.17) is 22.7 Å². The third-order valence-electron chi connectivity index (χ3n) is 3.25. The number of anilines is 1. The number of carbonyl (C=O) groups excluding carboxylic acids is 1. The van der Waals surface area contributed by atoms with Crippen molar-refractivity contribution in [3.63, 3.8) is 0 Å². The molecule has 0 bridgehead atoms. The molecule has 0 aliphatic heterocycles. The number of nitrogens with one attached hydrogen (secondary N) is 1. The largest absolute Gasteiger partial charge is 0.491 e. The van der Waals surface area contributed by atoms with Gasteiger partial charge in [0.2, 0.25) is 5.91 Å². The molecule has 0 saturated carbocycles. The first-order valence-corrected chi connectivity index (χ1v) is 7.75. The van der Waals surface area contributed by atoms with E-state index in [0.29, 0.717) is 12.1 Å². The van der Waals surface area contributed by atoms with Crippen LogP contribution in [0.4, 0.5) is 5.69 Å². The number of carbonyl (C=O) groups is 1. The van der Waals surface area contributed by atoms with Gasteiger partial charge in [-0.3, -0.25) is 4.79 Å². The normalized spacial score (nSPS) is 13.3. The smallest absolute Gasteiger partial charge is 0.234 e. The van der Waals surface area contributed by atoms with Crippen LogP contribution in [0.15, 0.2) is 24.3 Å². The minimum Gasteiger partial charge on any atom is -0.491 e. The summed E-state index contributed by atoms with van der Waals surface area (Å²) in [6.07, 6.45) is 2.58. The molecule has 0 saturated heterocycles. The lowest BCUT2D eigenvalue weighted by Crippen LogP contribution is -2.33. The fraction of sp³-hybridized carbons (Fsp3) is 0.500. The highest BCUT2D eigenvalue weighted by molar-refractivity contribution is 7.80. The van der Waals surface area contributed by atoms with Crippen molar-refractivity contribution >= 4 is 28.8 Å². The Morgan fingerprint density at radius 2 is 2.14 bits per heavy atom. The zero-order valence-corrected chi connectivity index (χ0v) is 13.7. The van der Waals surface area contributed by atoms with Gasteiger partial charge in [0.05, 0.1) is 17.0 Å². The molecule has 1 rings (SSSR count). The first-order chi connectivity index (χ1) is 9.97. The molecular weight excluding hydrogens is 284 g/mol. The van der Waals surface area contributed by atoms with Crippen molar-refractivity contribution in [2.75, 3.05) is 5.32 Å². The molecule has 4 nitrogen and oxygen atoms in total. The molecule has 2 unspecified atom stereocenters. The Morgan fingerprint density at radius 1 is 1.43 bits per heavy atom. The standard InChI is InChI=1S/C16H24N2O2S/c1-4-7-14(15(17)21)16(19)18-12-8-6-9-13(10-12)20-11(3)5-2/h6,8-11,14H,4-5,7H2,1-3H3,(H2,17,21)(H,18,19). The van der Waals surface area contributed by atoms with E-state index in [1.165, 1.54) is 0 Å². The summed E-state index contributed by atoms with van der Waals surface area (Å²) in [5.74, 6) is 0.152. The summed E-state index contributed by atoms with van der Waals surface area (Å²) < 4.78 is 5.74. The fourth-order valence-corrected chi connectivity index (χ4v) is 2.11. The lowest BCUT2D eigenvalue weighted by molar-refractivity contribution is -0.118. The van der Waals surface area contributed by atoms with E-state index >= 15 is 0 Å². The first-order valence-electron chi connectivity index (χ1n) is 7.34. The van der Waals surface area contributed by atoms with Gasteiger partial charge in [0, 0.05) is 11.8 Å². The summed E-state index contributed by atoms with van der Waals surface area (Å²) >= 11 is 4.97. The van der Waals surface area contributed by atoms with Crippen molar-refractivity contribution < 1.29 is 9.53 Å². The molecule has 5 heteroatoms. The second kappa shape index (κ2) is 8.62. The summed E-state index contributed by atoms with van der Waals surface area (Å²) in [5, 5.41) is 2.85. The van der Waals surface area contributed by atoms with Crippen molar-refractivity contribution in [2.45, 2.75) is 46.1 Å². The van der Waals surface area contributed by atoms with Crippen LogP contribution < -0.4 is 15.8 Å². The zero-order valence-electron chi connectivity index (χ0n) is 12.9. The zero-order chi connectivity index (χ0) is 15.8. The predicted molar refractivity (Wildman–Crippen MR) is 90.6 cm³/mol. The van der Waals surface area contributed by atoms with Crippen molar-refractivity contribution in [1.29, 1.82) is 0 Å². The number of rotatable bonds is 8. The molecule has 0 aromatic heterocycles. The van der Waals surface area contributed by atoms with E-state index < -0.39 is 5.92 Å². The maximum atomic E-state index is 12.2. The van der Waals surface area contributed by atoms with Crippen LogP contribution in [-0.2, 0) is 4.79 Å². The van der Waals surface area contributed by atoms with Crippen LogP contribution >= 0.6 is 12.2 Å². The van der Waals surface area contributed by atoms with Gasteiger partial charge in [-0.1, -0.05) is 38.6 Å². The molecule has 0 aliphatic carbocycles. The monoisotopic (exact) mass is 308 g/mol. The molecule has 0 fully saturated rings. The number of nitrogens with two attached hydrogens (primary N) is 1. The number of ether oxygens (including phenoxy) is 1. The lowest BCUT2D eigenvalue weighted by atomic mass is 10.0. The first kappa shape index (κ1) is 17.4. The number of amides is 1. The molecule has 1 aromatic rings. The highest BCUT2D eigenvalue weighted by Gasteiger charge is 2.20. The minimum atomic E-state index is -0.427. The average Bonchev–Trinajstić information content (AvgIpc) is 2.44. The van der Waals surface area contributed by atoms with Crippen molar-refractivity contribution in [3.8, 4) is 5.75 Å². The maximum absolute atomic E-state index is 12.2. The molecule has 0 spiro atoms. The number of thiocarbonyl (C=S) groups is 1. The van der Waals surface area contributed by atoms with E-state index in [1.807, 2.05) is 38.1 Å². The van der Waals surface area contributed by atoms with Crippen LogP contribution in [0, 0.1) is 5.92 Å². The van der Waals surface area contributed by atoms with Crippen LogP contribution in [-0.4, -0.2) is 17.0 Å². The summed E-state index contributed by atoms with van der Waals surface area (Å²) in [6, 6.07) is 7.36. The second-order valence-electron chi connectivity index (χ2n) is 5.10. The Morgan fingerprint density at radius 3 is 2.71 bits per heavy atom. The molecule has 0 radical (unpaired) electrons. The third-order valence-corrected chi connectivity index (χ3v) is 3.54. The van der Waals surface area contributed by atoms with E-state index in [0.717, 1.165) is 18.6 Å². The van der Waals surface area contributed by atoms with Crippen LogP contribution in [0.1, 0.15) is 40.0 Å². The molecule has 3 N–H and O–H groups in total. The molecule has 1 aromatic carbocycles. The molecule has 0 aliphatic rings.